The molecule has 11 heavy (non-hydrogen) atoms. The van der Waals surface area contributed by atoms with Crippen LogP contribution in [0.4, 0.5) is 0 Å². The van der Waals surface area contributed by atoms with Gasteiger partial charge >= 0.3 is 0 Å². The van der Waals surface area contributed by atoms with E-state index < -0.39 is 0 Å². The standard InChI is InChI=1S/C8H12N2O/c1-7-3-2-5-10(6-4-9)8(7)11/h2-3,5H,4,6,9H2,1H3. The van der Waals surface area contributed by atoms with Crippen molar-refractivity contribution in [3.05, 3.63) is 34.2 Å². The molecule has 0 aliphatic carbocycles. The highest BCUT2D eigenvalue weighted by Crippen LogP contribution is 1.87. The number of aromatic nitrogens is 1. The third-order valence-corrected chi connectivity index (χ3v) is 1.58. The minimum Gasteiger partial charge on any atom is -0.329 e. The molecule has 0 unspecified atom stereocenters. The maximum atomic E-state index is 11.3. The molecular weight excluding hydrogens is 140 g/mol. The van der Waals surface area contributed by atoms with Crippen molar-refractivity contribution in [3.8, 4) is 0 Å². The quantitative estimate of drug-likeness (QED) is 0.654. The Morgan fingerprint density at radius 2 is 2.36 bits per heavy atom. The smallest absolute Gasteiger partial charge is 0.253 e. The fraction of sp³-hybridized carbons (Fsp3) is 0.375. The summed E-state index contributed by atoms with van der Waals surface area (Å²) in [5.41, 5.74) is 6.14. The van der Waals surface area contributed by atoms with Crippen LogP contribution in [0.15, 0.2) is 23.1 Å². The van der Waals surface area contributed by atoms with E-state index in [9.17, 15) is 4.79 Å². The molecular formula is C8H12N2O. The summed E-state index contributed by atoms with van der Waals surface area (Å²) >= 11 is 0. The van der Waals surface area contributed by atoms with Crippen molar-refractivity contribution < 1.29 is 0 Å². The maximum Gasteiger partial charge on any atom is 0.253 e. The zero-order valence-electron chi connectivity index (χ0n) is 6.58. The predicted octanol–water partition coefficient (Wildman–Crippen LogP) is 0.115. The second-order valence-corrected chi connectivity index (χ2v) is 2.48. The van der Waals surface area contributed by atoms with Gasteiger partial charge in [0.05, 0.1) is 0 Å². The average Bonchev–Trinajstić information content (AvgIpc) is 1.99. The van der Waals surface area contributed by atoms with Crippen molar-refractivity contribution in [3.63, 3.8) is 0 Å². The summed E-state index contributed by atoms with van der Waals surface area (Å²) in [5.74, 6) is 0. The lowest BCUT2D eigenvalue weighted by molar-refractivity contribution is 0.676. The first-order valence-electron chi connectivity index (χ1n) is 3.62. The molecule has 60 valence electrons. The molecule has 0 saturated heterocycles. The number of pyridine rings is 1. The van der Waals surface area contributed by atoms with E-state index in [1.54, 1.807) is 23.8 Å². The minimum atomic E-state index is 0.0537. The van der Waals surface area contributed by atoms with Crippen LogP contribution in [0.5, 0.6) is 0 Å². The van der Waals surface area contributed by atoms with Gasteiger partial charge in [-0.1, -0.05) is 6.07 Å². The lowest BCUT2D eigenvalue weighted by atomic mass is 10.3. The van der Waals surface area contributed by atoms with Crippen molar-refractivity contribution in [1.82, 2.24) is 4.57 Å². The summed E-state index contributed by atoms with van der Waals surface area (Å²) in [6, 6.07) is 3.65. The molecule has 3 heteroatoms. The zero-order chi connectivity index (χ0) is 8.27. The van der Waals surface area contributed by atoms with E-state index in [0.29, 0.717) is 13.1 Å². The molecule has 3 nitrogen and oxygen atoms in total. The summed E-state index contributed by atoms with van der Waals surface area (Å²) in [5, 5.41) is 0. The number of rotatable bonds is 2. The van der Waals surface area contributed by atoms with Gasteiger partial charge in [0.2, 0.25) is 0 Å². The Morgan fingerprint density at radius 1 is 1.64 bits per heavy atom. The first kappa shape index (κ1) is 8.01. The molecule has 0 radical (unpaired) electrons. The summed E-state index contributed by atoms with van der Waals surface area (Å²) in [7, 11) is 0. The molecule has 0 amide bonds. The van der Waals surface area contributed by atoms with Crippen molar-refractivity contribution in [2.24, 2.45) is 5.73 Å². The van der Waals surface area contributed by atoms with Crippen LogP contribution in [0.1, 0.15) is 5.56 Å². The Hall–Kier alpha value is -1.09. The van der Waals surface area contributed by atoms with E-state index in [1.165, 1.54) is 0 Å². The highest BCUT2D eigenvalue weighted by atomic mass is 16.1. The molecule has 1 aromatic heterocycles. The Balaban J connectivity index is 3.07. The van der Waals surface area contributed by atoms with Gasteiger partial charge in [0.25, 0.3) is 5.56 Å². The molecule has 0 aliphatic heterocycles. The van der Waals surface area contributed by atoms with Crippen LogP contribution in [-0.4, -0.2) is 11.1 Å². The van der Waals surface area contributed by atoms with Crippen molar-refractivity contribution in [2.45, 2.75) is 13.5 Å². The topological polar surface area (TPSA) is 48.0 Å². The zero-order valence-corrected chi connectivity index (χ0v) is 6.58. The SMILES string of the molecule is Cc1cccn(CCN)c1=O. The number of nitrogens with zero attached hydrogens (tertiary/aromatic N) is 1. The van der Waals surface area contributed by atoms with Gasteiger partial charge < -0.3 is 10.3 Å². The number of aryl methyl sites for hydroxylation is 1. The Labute approximate surface area is 65.5 Å². The minimum absolute atomic E-state index is 0.0537. The average molecular weight is 152 g/mol. The molecule has 0 spiro atoms. The Bertz CT molecular complexity index is 290. The van der Waals surface area contributed by atoms with Gasteiger partial charge in [0.1, 0.15) is 0 Å². The lowest BCUT2D eigenvalue weighted by Crippen LogP contribution is -2.24. The molecule has 0 bridgehead atoms. The summed E-state index contributed by atoms with van der Waals surface area (Å²) in [4.78, 5) is 11.3. The first-order valence-corrected chi connectivity index (χ1v) is 3.62. The van der Waals surface area contributed by atoms with Crippen molar-refractivity contribution >= 4 is 0 Å². The molecule has 2 N–H and O–H groups in total. The van der Waals surface area contributed by atoms with Gasteiger partial charge in [0, 0.05) is 24.8 Å². The summed E-state index contributed by atoms with van der Waals surface area (Å²) < 4.78 is 1.62. The number of hydrogen-bond acceptors (Lipinski definition) is 2. The van der Waals surface area contributed by atoms with Gasteiger partial charge in [-0.15, -0.1) is 0 Å². The van der Waals surface area contributed by atoms with Crippen LogP contribution >= 0.6 is 0 Å². The van der Waals surface area contributed by atoms with Crippen LogP contribution in [0, 0.1) is 6.92 Å². The molecule has 1 rings (SSSR count). The fourth-order valence-corrected chi connectivity index (χ4v) is 0.972. The maximum absolute atomic E-state index is 11.3. The third-order valence-electron chi connectivity index (χ3n) is 1.58. The van der Waals surface area contributed by atoms with E-state index in [0.717, 1.165) is 5.56 Å². The van der Waals surface area contributed by atoms with Crippen molar-refractivity contribution in [2.75, 3.05) is 6.54 Å². The van der Waals surface area contributed by atoms with Gasteiger partial charge in [-0.2, -0.15) is 0 Å². The van der Waals surface area contributed by atoms with Gasteiger partial charge in [-0.3, -0.25) is 4.79 Å². The summed E-state index contributed by atoms with van der Waals surface area (Å²) in [6.45, 7) is 2.90. The summed E-state index contributed by atoms with van der Waals surface area (Å²) in [6.07, 6.45) is 1.75. The molecule has 0 atom stereocenters. The van der Waals surface area contributed by atoms with Gasteiger partial charge in [-0.05, 0) is 13.0 Å². The Kier molecular flexibility index (Phi) is 2.44. The second kappa shape index (κ2) is 3.34. The fourth-order valence-electron chi connectivity index (χ4n) is 0.972. The van der Waals surface area contributed by atoms with Crippen LogP contribution in [0.3, 0.4) is 0 Å². The van der Waals surface area contributed by atoms with Gasteiger partial charge in [-0.25, -0.2) is 0 Å². The van der Waals surface area contributed by atoms with Crippen LogP contribution in [-0.2, 0) is 6.54 Å². The Morgan fingerprint density at radius 3 is 3.00 bits per heavy atom. The molecule has 0 fully saturated rings. The molecule has 0 aromatic carbocycles. The van der Waals surface area contributed by atoms with Gasteiger partial charge in [0.15, 0.2) is 0 Å². The number of hydrogen-bond donors (Lipinski definition) is 1. The van der Waals surface area contributed by atoms with E-state index in [2.05, 4.69) is 0 Å². The number of nitrogens with two attached hydrogens (primary N) is 1. The first-order chi connectivity index (χ1) is 5.25. The predicted molar refractivity (Wildman–Crippen MR) is 44.5 cm³/mol. The molecule has 0 aliphatic rings. The molecule has 0 saturated carbocycles. The molecule has 1 aromatic rings. The van der Waals surface area contributed by atoms with E-state index in [-0.39, 0.29) is 5.56 Å². The van der Waals surface area contributed by atoms with Crippen LogP contribution in [0.2, 0.25) is 0 Å². The van der Waals surface area contributed by atoms with E-state index in [1.807, 2.05) is 6.07 Å². The largest absolute Gasteiger partial charge is 0.329 e. The normalized spacial score (nSPS) is 10.0. The second-order valence-electron chi connectivity index (χ2n) is 2.48. The molecule has 1 heterocycles. The third kappa shape index (κ3) is 1.68. The van der Waals surface area contributed by atoms with E-state index in [4.69, 9.17) is 5.73 Å². The lowest BCUT2D eigenvalue weighted by Gasteiger charge is -2.02. The van der Waals surface area contributed by atoms with E-state index >= 15 is 0 Å². The van der Waals surface area contributed by atoms with Crippen LogP contribution in [0.25, 0.3) is 0 Å². The highest BCUT2D eigenvalue weighted by molar-refractivity contribution is 5.07. The monoisotopic (exact) mass is 152 g/mol. The highest BCUT2D eigenvalue weighted by Gasteiger charge is 1.95. The van der Waals surface area contributed by atoms with Crippen LogP contribution < -0.4 is 11.3 Å². The van der Waals surface area contributed by atoms with Crippen molar-refractivity contribution in [1.29, 1.82) is 0 Å².